The highest BCUT2D eigenvalue weighted by Gasteiger charge is 2.44. The Morgan fingerprint density at radius 1 is 1.03 bits per heavy atom. The van der Waals surface area contributed by atoms with Crippen molar-refractivity contribution in [2.24, 2.45) is 5.41 Å². The van der Waals surface area contributed by atoms with E-state index in [1.54, 1.807) is 19.1 Å². The van der Waals surface area contributed by atoms with Crippen LogP contribution in [0.1, 0.15) is 50.2 Å². The SMILES string of the molecule is COc1ccc([C@H]2CC(=O)N(c3cccc(Cl)c3C)C3=C2C(=O)CC(C)(C)C3)cc1OC. The smallest absolute Gasteiger partial charge is 0.232 e. The zero-order valence-electron chi connectivity index (χ0n) is 19.1. The summed E-state index contributed by atoms with van der Waals surface area (Å²) >= 11 is 6.38. The first-order valence-corrected chi connectivity index (χ1v) is 11.1. The summed E-state index contributed by atoms with van der Waals surface area (Å²) in [5, 5.41) is 0.598. The van der Waals surface area contributed by atoms with E-state index in [2.05, 4.69) is 13.8 Å². The molecule has 2 aromatic rings. The van der Waals surface area contributed by atoms with Crippen molar-refractivity contribution >= 4 is 29.0 Å². The number of halogens is 1. The lowest BCUT2D eigenvalue weighted by atomic mass is 9.69. The third-order valence-corrected chi connectivity index (χ3v) is 6.84. The number of anilines is 1. The Morgan fingerprint density at radius 3 is 2.44 bits per heavy atom. The van der Waals surface area contributed by atoms with Gasteiger partial charge in [-0.25, -0.2) is 0 Å². The molecular weight excluding hydrogens is 426 g/mol. The van der Waals surface area contributed by atoms with E-state index in [4.69, 9.17) is 21.1 Å². The summed E-state index contributed by atoms with van der Waals surface area (Å²) in [6, 6.07) is 11.2. The Kier molecular flexibility index (Phi) is 5.80. The van der Waals surface area contributed by atoms with Crippen LogP contribution in [0.4, 0.5) is 5.69 Å². The quantitative estimate of drug-likeness (QED) is 0.584. The Labute approximate surface area is 194 Å². The van der Waals surface area contributed by atoms with Crippen molar-refractivity contribution in [3.8, 4) is 11.5 Å². The van der Waals surface area contributed by atoms with Gasteiger partial charge in [-0.2, -0.15) is 0 Å². The van der Waals surface area contributed by atoms with Crippen molar-refractivity contribution in [1.29, 1.82) is 0 Å². The number of carbonyl (C=O) groups excluding carboxylic acids is 2. The minimum Gasteiger partial charge on any atom is -0.493 e. The predicted molar refractivity (Wildman–Crippen MR) is 126 cm³/mol. The number of hydrogen-bond acceptors (Lipinski definition) is 4. The number of allylic oxidation sites excluding steroid dienone is 2. The summed E-state index contributed by atoms with van der Waals surface area (Å²) < 4.78 is 10.8. The highest BCUT2D eigenvalue weighted by atomic mass is 35.5. The molecule has 32 heavy (non-hydrogen) atoms. The Bertz CT molecular complexity index is 1130. The number of benzene rings is 2. The number of methoxy groups -OCH3 is 2. The third kappa shape index (κ3) is 3.79. The van der Waals surface area contributed by atoms with Crippen molar-refractivity contribution in [2.45, 2.75) is 46.0 Å². The second kappa shape index (κ2) is 8.28. The Hall–Kier alpha value is -2.79. The van der Waals surface area contributed by atoms with E-state index < -0.39 is 0 Å². The van der Waals surface area contributed by atoms with Crippen LogP contribution in [-0.4, -0.2) is 25.9 Å². The van der Waals surface area contributed by atoms with Crippen molar-refractivity contribution in [3.05, 3.63) is 63.8 Å². The van der Waals surface area contributed by atoms with Crippen LogP contribution in [0.3, 0.4) is 0 Å². The maximum atomic E-state index is 13.6. The van der Waals surface area contributed by atoms with Crippen LogP contribution >= 0.6 is 11.6 Å². The molecule has 0 bridgehead atoms. The first-order chi connectivity index (χ1) is 15.2. The molecule has 1 heterocycles. The van der Waals surface area contributed by atoms with Crippen LogP contribution in [0.15, 0.2) is 47.7 Å². The molecular formula is C26H28ClNO4. The average Bonchev–Trinajstić information content (AvgIpc) is 2.74. The van der Waals surface area contributed by atoms with Gasteiger partial charge in [0.2, 0.25) is 5.91 Å². The van der Waals surface area contributed by atoms with Gasteiger partial charge in [0, 0.05) is 35.1 Å². The first-order valence-electron chi connectivity index (χ1n) is 10.7. The fourth-order valence-electron chi connectivity index (χ4n) is 4.89. The molecule has 1 amide bonds. The summed E-state index contributed by atoms with van der Waals surface area (Å²) in [6.07, 6.45) is 1.29. The average molecular weight is 454 g/mol. The molecule has 0 fully saturated rings. The van der Waals surface area contributed by atoms with Crippen LogP contribution in [0.25, 0.3) is 0 Å². The molecule has 6 heteroatoms. The molecule has 0 saturated heterocycles. The van der Waals surface area contributed by atoms with E-state index in [1.165, 1.54) is 0 Å². The van der Waals surface area contributed by atoms with E-state index in [-0.39, 0.29) is 29.4 Å². The molecule has 0 saturated carbocycles. The summed E-state index contributed by atoms with van der Waals surface area (Å²) in [6.45, 7) is 6.05. The van der Waals surface area contributed by atoms with Gasteiger partial charge < -0.3 is 9.47 Å². The third-order valence-electron chi connectivity index (χ3n) is 6.43. The van der Waals surface area contributed by atoms with E-state index in [1.807, 2.05) is 43.3 Å². The molecule has 0 N–H and O–H groups in total. The highest BCUT2D eigenvalue weighted by molar-refractivity contribution is 6.31. The summed E-state index contributed by atoms with van der Waals surface area (Å²) in [5.41, 5.74) is 3.71. The monoisotopic (exact) mass is 453 g/mol. The second-order valence-corrected chi connectivity index (χ2v) is 9.69. The lowest BCUT2D eigenvalue weighted by Gasteiger charge is -2.43. The van der Waals surface area contributed by atoms with Crippen molar-refractivity contribution in [1.82, 2.24) is 0 Å². The zero-order valence-corrected chi connectivity index (χ0v) is 19.9. The van der Waals surface area contributed by atoms with Crippen LogP contribution in [-0.2, 0) is 9.59 Å². The molecule has 1 aliphatic heterocycles. The van der Waals surface area contributed by atoms with E-state index in [0.717, 1.165) is 28.1 Å². The van der Waals surface area contributed by atoms with Crippen molar-refractivity contribution < 1.29 is 19.1 Å². The molecule has 5 nitrogen and oxygen atoms in total. The minimum absolute atomic E-state index is 0.0422. The van der Waals surface area contributed by atoms with Crippen LogP contribution in [0.2, 0.25) is 5.02 Å². The number of carbonyl (C=O) groups is 2. The van der Waals surface area contributed by atoms with Gasteiger partial charge in [-0.05, 0) is 54.2 Å². The van der Waals surface area contributed by atoms with Crippen LogP contribution in [0, 0.1) is 12.3 Å². The lowest BCUT2D eigenvalue weighted by Crippen LogP contribution is -2.44. The molecule has 0 unspecified atom stereocenters. The molecule has 1 atom stereocenters. The van der Waals surface area contributed by atoms with Crippen molar-refractivity contribution in [2.75, 3.05) is 19.1 Å². The fourth-order valence-corrected chi connectivity index (χ4v) is 5.06. The van der Waals surface area contributed by atoms with Crippen LogP contribution in [0.5, 0.6) is 11.5 Å². The first kappa shape index (κ1) is 22.4. The molecule has 2 aromatic carbocycles. The topological polar surface area (TPSA) is 55.8 Å². The van der Waals surface area contributed by atoms with E-state index >= 15 is 0 Å². The fraction of sp³-hybridized carbons (Fsp3) is 0.385. The second-order valence-electron chi connectivity index (χ2n) is 9.29. The van der Waals surface area contributed by atoms with Gasteiger partial charge in [0.1, 0.15) is 0 Å². The summed E-state index contributed by atoms with van der Waals surface area (Å²) in [7, 11) is 3.16. The molecule has 168 valence electrons. The molecule has 0 radical (unpaired) electrons. The number of ketones is 1. The highest BCUT2D eigenvalue weighted by Crippen LogP contribution is 2.49. The van der Waals surface area contributed by atoms with E-state index in [0.29, 0.717) is 29.4 Å². The molecule has 1 aliphatic carbocycles. The minimum atomic E-state index is -0.323. The van der Waals surface area contributed by atoms with Gasteiger partial charge in [-0.15, -0.1) is 0 Å². The number of ether oxygens (including phenoxy) is 2. The van der Waals surface area contributed by atoms with Gasteiger partial charge >= 0.3 is 0 Å². The number of nitrogens with zero attached hydrogens (tertiary/aromatic N) is 1. The number of Topliss-reactive ketones (excluding diaryl/α,β-unsaturated/α-hetero) is 1. The number of amides is 1. The summed E-state index contributed by atoms with van der Waals surface area (Å²) in [5.74, 6) is 0.917. The Morgan fingerprint density at radius 2 is 1.75 bits per heavy atom. The van der Waals surface area contributed by atoms with Gasteiger partial charge in [0.15, 0.2) is 17.3 Å². The summed E-state index contributed by atoms with van der Waals surface area (Å²) in [4.78, 5) is 28.8. The molecule has 4 rings (SSSR count). The molecule has 0 aromatic heterocycles. The van der Waals surface area contributed by atoms with Gasteiger partial charge in [0.25, 0.3) is 0 Å². The Balaban J connectivity index is 1.92. The van der Waals surface area contributed by atoms with Gasteiger partial charge in [-0.3, -0.25) is 14.5 Å². The molecule has 0 spiro atoms. The van der Waals surface area contributed by atoms with Gasteiger partial charge in [-0.1, -0.05) is 37.6 Å². The normalized spacial score (nSPS) is 20.3. The maximum absolute atomic E-state index is 13.6. The van der Waals surface area contributed by atoms with Crippen molar-refractivity contribution in [3.63, 3.8) is 0 Å². The maximum Gasteiger partial charge on any atom is 0.232 e. The zero-order chi connectivity index (χ0) is 23.2. The number of rotatable bonds is 4. The predicted octanol–water partition coefficient (Wildman–Crippen LogP) is 5.83. The van der Waals surface area contributed by atoms with Crippen LogP contribution < -0.4 is 14.4 Å². The largest absolute Gasteiger partial charge is 0.493 e. The number of hydrogen-bond donors (Lipinski definition) is 0. The van der Waals surface area contributed by atoms with E-state index in [9.17, 15) is 9.59 Å². The lowest BCUT2D eigenvalue weighted by molar-refractivity contribution is -0.121. The molecule has 2 aliphatic rings. The standard InChI is InChI=1S/C26H28ClNO4/c1-15-18(27)7-6-8-19(15)28-20-13-26(2,3)14-21(29)25(20)17(12-24(28)30)16-9-10-22(31-4)23(11-16)32-5/h6-11,17H,12-14H2,1-5H3/t17-/m1/s1. The van der Waals surface area contributed by atoms with Gasteiger partial charge in [0.05, 0.1) is 19.9 Å².